The summed E-state index contributed by atoms with van der Waals surface area (Å²) in [6.45, 7) is 0. The predicted molar refractivity (Wildman–Crippen MR) is 141 cm³/mol. The molecule has 2 heterocycles. The van der Waals surface area contributed by atoms with Gasteiger partial charge in [0, 0.05) is 17.6 Å². The molecule has 5 rings (SSSR count). The second-order valence-electron chi connectivity index (χ2n) is 7.95. The molecular formula is C28H19N3O4S. The van der Waals surface area contributed by atoms with Gasteiger partial charge in [0.15, 0.2) is 5.11 Å². The Morgan fingerprint density at radius 3 is 1.83 bits per heavy atom. The van der Waals surface area contributed by atoms with Gasteiger partial charge in [-0.15, -0.1) is 0 Å². The van der Waals surface area contributed by atoms with E-state index in [1.54, 1.807) is 83.6 Å². The van der Waals surface area contributed by atoms with Gasteiger partial charge in [-0.25, -0.2) is 4.79 Å². The first-order valence-corrected chi connectivity index (χ1v) is 11.4. The summed E-state index contributed by atoms with van der Waals surface area (Å²) < 4.78 is 1.71. The molecule has 36 heavy (non-hydrogen) atoms. The Balaban J connectivity index is 1.64. The molecule has 0 radical (unpaired) electrons. The maximum Gasteiger partial charge on any atom is 0.335 e. The summed E-state index contributed by atoms with van der Waals surface area (Å²) in [6.07, 6.45) is 3.24. The van der Waals surface area contributed by atoms with E-state index in [2.05, 4.69) is 0 Å². The predicted octanol–water partition coefficient (Wildman–Crippen LogP) is 4.92. The highest BCUT2D eigenvalue weighted by Gasteiger charge is 2.41. The molecule has 1 aliphatic rings. The maximum atomic E-state index is 13.7. The number of rotatable bonds is 5. The monoisotopic (exact) mass is 493 g/mol. The Morgan fingerprint density at radius 2 is 1.28 bits per heavy atom. The minimum Gasteiger partial charge on any atom is -0.478 e. The molecule has 0 unspecified atom stereocenters. The van der Waals surface area contributed by atoms with Gasteiger partial charge in [0.25, 0.3) is 11.8 Å². The molecule has 7 nitrogen and oxygen atoms in total. The van der Waals surface area contributed by atoms with Gasteiger partial charge in [-0.1, -0.05) is 42.5 Å². The van der Waals surface area contributed by atoms with Crippen LogP contribution in [-0.4, -0.2) is 32.6 Å². The van der Waals surface area contributed by atoms with Crippen LogP contribution in [0.3, 0.4) is 0 Å². The molecule has 0 saturated carbocycles. The SMILES string of the molecule is O=C(O)c1cccc(-n2cccc2C=C2C(=O)N(c3ccccc3)C(=S)N(c3ccccc3)C2=O)c1. The van der Waals surface area contributed by atoms with Crippen LogP contribution < -0.4 is 9.80 Å². The zero-order valence-electron chi connectivity index (χ0n) is 18.8. The Kier molecular flexibility index (Phi) is 6.02. The van der Waals surface area contributed by atoms with Gasteiger partial charge in [0.2, 0.25) is 0 Å². The molecule has 0 aliphatic carbocycles. The normalized spacial score (nSPS) is 13.8. The number of carbonyl (C=O) groups is 3. The standard InChI is InChI=1S/C28H19N3O4S/c32-25-24(18-23-15-8-16-29(23)22-14-7-9-19(17-22)27(34)35)26(33)31(21-12-5-2-6-13-21)28(36)30(25)20-10-3-1-4-11-20/h1-18H,(H,34,35). The number of carboxylic acid groups (broad SMARTS) is 1. The van der Waals surface area contributed by atoms with E-state index in [1.165, 1.54) is 28.0 Å². The van der Waals surface area contributed by atoms with E-state index in [4.69, 9.17) is 12.2 Å². The zero-order chi connectivity index (χ0) is 25.2. The van der Waals surface area contributed by atoms with E-state index in [0.29, 0.717) is 22.8 Å². The zero-order valence-corrected chi connectivity index (χ0v) is 19.6. The minimum atomic E-state index is -1.05. The summed E-state index contributed by atoms with van der Waals surface area (Å²) in [5, 5.41) is 9.43. The van der Waals surface area contributed by atoms with Crippen molar-refractivity contribution in [3.63, 3.8) is 0 Å². The molecular weight excluding hydrogens is 474 g/mol. The number of anilines is 2. The van der Waals surface area contributed by atoms with Gasteiger partial charge in [0.05, 0.1) is 16.9 Å². The number of nitrogens with zero attached hydrogens (tertiary/aromatic N) is 3. The number of amides is 2. The van der Waals surface area contributed by atoms with Crippen molar-refractivity contribution < 1.29 is 19.5 Å². The van der Waals surface area contributed by atoms with E-state index < -0.39 is 17.8 Å². The van der Waals surface area contributed by atoms with Crippen LogP contribution in [0.1, 0.15) is 16.1 Å². The largest absolute Gasteiger partial charge is 0.478 e. The number of aromatic nitrogens is 1. The third kappa shape index (κ3) is 4.10. The third-order valence-electron chi connectivity index (χ3n) is 5.72. The molecule has 1 fully saturated rings. The topological polar surface area (TPSA) is 82.8 Å². The summed E-state index contributed by atoms with van der Waals surface area (Å²) >= 11 is 5.63. The molecule has 3 aromatic carbocycles. The molecule has 1 aliphatic heterocycles. The average Bonchev–Trinajstić information content (AvgIpc) is 3.36. The third-order valence-corrected chi connectivity index (χ3v) is 6.09. The van der Waals surface area contributed by atoms with Gasteiger partial charge in [-0.05, 0) is 72.9 Å². The highest BCUT2D eigenvalue weighted by Crippen LogP contribution is 2.30. The first-order chi connectivity index (χ1) is 17.5. The van der Waals surface area contributed by atoms with E-state index in [1.807, 2.05) is 12.1 Å². The highest BCUT2D eigenvalue weighted by atomic mass is 32.1. The second-order valence-corrected chi connectivity index (χ2v) is 8.32. The Labute approximate surface area is 212 Å². The quantitative estimate of drug-likeness (QED) is 0.242. The van der Waals surface area contributed by atoms with Crippen molar-refractivity contribution in [1.29, 1.82) is 0 Å². The summed E-state index contributed by atoms with van der Waals surface area (Å²) in [5.74, 6) is -2.14. The van der Waals surface area contributed by atoms with Crippen molar-refractivity contribution in [1.82, 2.24) is 4.57 Å². The number of para-hydroxylation sites is 2. The van der Waals surface area contributed by atoms with Crippen LogP contribution in [0.5, 0.6) is 0 Å². The maximum absolute atomic E-state index is 13.7. The lowest BCUT2D eigenvalue weighted by Gasteiger charge is -2.36. The highest BCUT2D eigenvalue weighted by molar-refractivity contribution is 7.81. The van der Waals surface area contributed by atoms with E-state index in [0.717, 1.165) is 0 Å². The van der Waals surface area contributed by atoms with Crippen LogP contribution in [0.25, 0.3) is 11.8 Å². The lowest BCUT2D eigenvalue weighted by molar-refractivity contribution is -0.120. The molecule has 4 aromatic rings. The molecule has 0 atom stereocenters. The summed E-state index contributed by atoms with van der Waals surface area (Å²) in [4.78, 5) is 41.5. The first kappa shape index (κ1) is 22.9. The summed E-state index contributed by atoms with van der Waals surface area (Å²) in [7, 11) is 0. The van der Waals surface area contributed by atoms with Crippen molar-refractivity contribution in [2.75, 3.05) is 9.80 Å². The number of benzene rings is 3. The van der Waals surface area contributed by atoms with Crippen LogP contribution in [0, 0.1) is 0 Å². The minimum absolute atomic E-state index is 0.0593. The van der Waals surface area contributed by atoms with Crippen molar-refractivity contribution >= 4 is 52.6 Å². The Bertz CT molecular complexity index is 1460. The number of hydrogen-bond donors (Lipinski definition) is 1. The Morgan fingerprint density at radius 1 is 0.722 bits per heavy atom. The molecule has 1 aromatic heterocycles. The number of hydrogen-bond acceptors (Lipinski definition) is 4. The fraction of sp³-hybridized carbons (Fsp3) is 0. The van der Waals surface area contributed by atoms with Crippen LogP contribution >= 0.6 is 12.2 Å². The second kappa shape index (κ2) is 9.44. The van der Waals surface area contributed by atoms with E-state index in [9.17, 15) is 19.5 Å². The molecule has 1 N–H and O–H groups in total. The van der Waals surface area contributed by atoms with Gasteiger partial charge in [-0.3, -0.25) is 19.4 Å². The van der Waals surface area contributed by atoms with Gasteiger partial charge in [0.1, 0.15) is 5.57 Å². The average molecular weight is 494 g/mol. The molecule has 0 bridgehead atoms. The first-order valence-electron chi connectivity index (χ1n) is 11.0. The van der Waals surface area contributed by atoms with E-state index in [-0.39, 0.29) is 16.2 Å². The molecule has 1 saturated heterocycles. The van der Waals surface area contributed by atoms with Crippen LogP contribution in [0.15, 0.2) is 109 Å². The van der Waals surface area contributed by atoms with Gasteiger partial charge >= 0.3 is 5.97 Å². The van der Waals surface area contributed by atoms with Crippen molar-refractivity contribution in [3.8, 4) is 5.69 Å². The van der Waals surface area contributed by atoms with Crippen LogP contribution in [0.2, 0.25) is 0 Å². The molecule has 176 valence electrons. The number of thiocarbonyl (C=S) groups is 1. The van der Waals surface area contributed by atoms with E-state index >= 15 is 0 Å². The lowest BCUT2D eigenvalue weighted by Crippen LogP contribution is -2.56. The molecule has 8 heteroatoms. The number of aromatic carboxylic acids is 1. The molecule has 0 spiro atoms. The summed E-state index contributed by atoms with van der Waals surface area (Å²) in [5.41, 5.74) is 2.24. The van der Waals surface area contributed by atoms with Gasteiger partial charge < -0.3 is 9.67 Å². The number of carboxylic acids is 1. The van der Waals surface area contributed by atoms with Crippen molar-refractivity contribution in [2.45, 2.75) is 0 Å². The summed E-state index contributed by atoms with van der Waals surface area (Å²) in [6, 6.07) is 27.7. The van der Waals surface area contributed by atoms with Gasteiger partial charge in [-0.2, -0.15) is 0 Å². The van der Waals surface area contributed by atoms with Crippen LogP contribution in [0.4, 0.5) is 11.4 Å². The fourth-order valence-corrected chi connectivity index (χ4v) is 4.40. The van der Waals surface area contributed by atoms with Crippen LogP contribution in [-0.2, 0) is 9.59 Å². The van der Waals surface area contributed by atoms with Crippen molar-refractivity contribution in [2.24, 2.45) is 0 Å². The Hall–Kier alpha value is -4.82. The lowest BCUT2D eigenvalue weighted by atomic mass is 10.1. The number of carbonyl (C=O) groups excluding carboxylic acids is 2. The molecule has 2 amide bonds. The fourth-order valence-electron chi connectivity index (χ4n) is 4.02. The smallest absolute Gasteiger partial charge is 0.335 e. The van der Waals surface area contributed by atoms with Crippen molar-refractivity contribution in [3.05, 3.63) is 120 Å².